The van der Waals surface area contributed by atoms with Crippen LogP contribution in [0.25, 0.3) is 0 Å². The Balaban J connectivity index is 2.60. The highest BCUT2D eigenvalue weighted by atomic mass is 16.3. The van der Waals surface area contributed by atoms with Crippen LogP contribution < -0.4 is 5.32 Å². The minimum absolute atomic E-state index is 0.105. The van der Waals surface area contributed by atoms with E-state index in [1.54, 1.807) is 38.1 Å². The molecule has 1 aromatic rings. The summed E-state index contributed by atoms with van der Waals surface area (Å²) in [5.74, 6) is -0.145. The van der Waals surface area contributed by atoms with E-state index in [4.69, 9.17) is 10.4 Å². The van der Waals surface area contributed by atoms with Gasteiger partial charge in [-0.05, 0) is 31.5 Å². The largest absolute Gasteiger partial charge is 0.394 e. The highest BCUT2D eigenvalue weighted by molar-refractivity contribution is 5.79. The van der Waals surface area contributed by atoms with Crippen LogP contribution in [0.4, 0.5) is 0 Å². The van der Waals surface area contributed by atoms with Gasteiger partial charge in [-0.25, -0.2) is 0 Å². The van der Waals surface area contributed by atoms with Gasteiger partial charge in [0.25, 0.3) is 0 Å². The second-order valence-corrected chi connectivity index (χ2v) is 4.58. The quantitative estimate of drug-likeness (QED) is 0.813. The van der Waals surface area contributed by atoms with Crippen LogP contribution >= 0.6 is 0 Å². The third kappa shape index (κ3) is 4.25. The maximum atomic E-state index is 11.7. The van der Waals surface area contributed by atoms with Gasteiger partial charge >= 0.3 is 0 Å². The number of nitrogens with one attached hydrogen (secondary N) is 1. The highest BCUT2D eigenvalue weighted by Crippen LogP contribution is 2.06. The molecule has 0 unspecified atom stereocenters. The molecule has 0 aliphatic carbocycles. The Hall–Kier alpha value is -1.86. The molecule has 17 heavy (non-hydrogen) atoms. The summed E-state index contributed by atoms with van der Waals surface area (Å²) in [6, 6.07) is 8.89. The second kappa shape index (κ2) is 5.46. The topological polar surface area (TPSA) is 73.1 Å². The fraction of sp³-hybridized carbons (Fsp3) is 0.385. The molecule has 0 saturated carbocycles. The molecular weight excluding hydrogens is 216 g/mol. The number of aliphatic hydroxyl groups is 1. The molecule has 0 atom stereocenters. The van der Waals surface area contributed by atoms with Gasteiger partial charge in [-0.15, -0.1) is 0 Å². The summed E-state index contributed by atoms with van der Waals surface area (Å²) in [6.45, 7) is 3.40. The molecule has 0 bridgehead atoms. The zero-order valence-electron chi connectivity index (χ0n) is 10.0. The molecular formula is C13H16N2O2. The van der Waals surface area contributed by atoms with E-state index < -0.39 is 5.54 Å². The predicted molar refractivity (Wildman–Crippen MR) is 64.2 cm³/mol. The van der Waals surface area contributed by atoms with E-state index in [-0.39, 0.29) is 18.9 Å². The molecule has 0 aliphatic heterocycles. The molecule has 0 radical (unpaired) electrons. The molecule has 0 spiro atoms. The average molecular weight is 232 g/mol. The molecule has 1 rings (SSSR count). The average Bonchev–Trinajstić information content (AvgIpc) is 2.29. The van der Waals surface area contributed by atoms with Crippen molar-refractivity contribution in [1.82, 2.24) is 5.32 Å². The first-order valence-electron chi connectivity index (χ1n) is 5.38. The normalized spacial score (nSPS) is 10.7. The van der Waals surface area contributed by atoms with Crippen molar-refractivity contribution in [2.75, 3.05) is 6.61 Å². The van der Waals surface area contributed by atoms with E-state index >= 15 is 0 Å². The Labute approximate surface area is 101 Å². The molecule has 2 N–H and O–H groups in total. The van der Waals surface area contributed by atoms with Gasteiger partial charge in [-0.1, -0.05) is 12.1 Å². The molecule has 4 nitrogen and oxygen atoms in total. The molecule has 0 heterocycles. The number of amides is 1. The minimum atomic E-state index is -0.607. The third-order valence-corrected chi connectivity index (χ3v) is 2.32. The van der Waals surface area contributed by atoms with Gasteiger partial charge in [0.2, 0.25) is 5.91 Å². The summed E-state index contributed by atoms with van der Waals surface area (Å²) < 4.78 is 0. The molecule has 90 valence electrons. The van der Waals surface area contributed by atoms with Gasteiger partial charge < -0.3 is 10.4 Å². The Morgan fingerprint density at radius 2 is 2.00 bits per heavy atom. The number of hydrogen-bond acceptors (Lipinski definition) is 3. The summed E-state index contributed by atoms with van der Waals surface area (Å²) in [6.07, 6.45) is 0.245. The van der Waals surface area contributed by atoms with Gasteiger partial charge in [-0.2, -0.15) is 5.26 Å². The number of nitriles is 1. The summed E-state index contributed by atoms with van der Waals surface area (Å²) in [4.78, 5) is 11.7. The standard InChI is InChI=1S/C13H16N2O2/c1-13(2,9-16)15-12(17)7-10-3-5-11(8-14)6-4-10/h3-6,16H,7,9H2,1-2H3,(H,15,17). The van der Waals surface area contributed by atoms with E-state index in [0.717, 1.165) is 5.56 Å². The van der Waals surface area contributed by atoms with Gasteiger partial charge in [0.15, 0.2) is 0 Å². The van der Waals surface area contributed by atoms with E-state index in [1.165, 1.54) is 0 Å². The number of carbonyl (C=O) groups excluding carboxylic acids is 1. The van der Waals surface area contributed by atoms with E-state index in [0.29, 0.717) is 5.56 Å². The smallest absolute Gasteiger partial charge is 0.224 e. The zero-order valence-corrected chi connectivity index (χ0v) is 10.0. The first kappa shape index (κ1) is 13.2. The molecule has 4 heteroatoms. The number of hydrogen-bond donors (Lipinski definition) is 2. The Morgan fingerprint density at radius 3 is 2.47 bits per heavy atom. The van der Waals surface area contributed by atoms with Gasteiger partial charge in [0, 0.05) is 0 Å². The van der Waals surface area contributed by atoms with Crippen LogP contribution in [0, 0.1) is 11.3 Å². The van der Waals surface area contributed by atoms with E-state index in [1.807, 2.05) is 6.07 Å². The molecule has 0 fully saturated rings. The van der Waals surface area contributed by atoms with Crippen molar-refractivity contribution in [3.8, 4) is 6.07 Å². The number of nitrogens with zero attached hydrogens (tertiary/aromatic N) is 1. The van der Waals surface area contributed by atoms with Crippen LogP contribution in [0.2, 0.25) is 0 Å². The lowest BCUT2D eigenvalue weighted by molar-refractivity contribution is -0.122. The summed E-state index contributed by atoms with van der Waals surface area (Å²) in [5.41, 5.74) is 0.809. The molecule has 1 aromatic carbocycles. The predicted octanol–water partition coefficient (Wildman–Crippen LogP) is 0.988. The summed E-state index contributed by atoms with van der Waals surface area (Å²) in [7, 11) is 0. The minimum Gasteiger partial charge on any atom is -0.394 e. The number of aliphatic hydroxyl groups excluding tert-OH is 1. The zero-order chi connectivity index (χ0) is 12.9. The SMILES string of the molecule is CC(C)(CO)NC(=O)Cc1ccc(C#N)cc1. The summed E-state index contributed by atoms with van der Waals surface area (Å²) in [5, 5.41) is 20.4. The van der Waals surface area contributed by atoms with Crippen LogP contribution in [-0.4, -0.2) is 23.2 Å². The van der Waals surface area contributed by atoms with Crippen LogP contribution in [-0.2, 0) is 11.2 Å². The number of rotatable bonds is 4. The Morgan fingerprint density at radius 1 is 1.41 bits per heavy atom. The van der Waals surface area contributed by atoms with Crippen LogP contribution in [0.15, 0.2) is 24.3 Å². The lowest BCUT2D eigenvalue weighted by Crippen LogP contribution is -2.46. The van der Waals surface area contributed by atoms with Crippen LogP contribution in [0.5, 0.6) is 0 Å². The Kier molecular flexibility index (Phi) is 4.24. The van der Waals surface area contributed by atoms with Crippen molar-refractivity contribution in [1.29, 1.82) is 5.26 Å². The molecule has 0 aliphatic rings. The van der Waals surface area contributed by atoms with Crippen molar-refractivity contribution in [2.45, 2.75) is 25.8 Å². The van der Waals surface area contributed by atoms with Crippen molar-refractivity contribution < 1.29 is 9.90 Å². The van der Waals surface area contributed by atoms with Crippen LogP contribution in [0.1, 0.15) is 25.0 Å². The van der Waals surface area contributed by atoms with Crippen molar-refractivity contribution in [2.24, 2.45) is 0 Å². The van der Waals surface area contributed by atoms with Crippen molar-refractivity contribution >= 4 is 5.91 Å². The lowest BCUT2D eigenvalue weighted by atomic mass is 10.1. The maximum Gasteiger partial charge on any atom is 0.224 e. The van der Waals surface area contributed by atoms with Crippen molar-refractivity contribution in [3.63, 3.8) is 0 Å². The maximum absolute atomic E-state index is 11.7. The number of benzene rings is 1. The molecule has 0 saturated heterocycles. The second-order valence-electron chi connectivity index (χ2n) is 4.58. The monoisotopic (exact) mass is 232 g/mol. The fourth-order valence-corrected chi connectivity index (χ4v) is 1.34. The van der Waals surface area contributed by atoms with Gasteiger partial charge in [-0.3, -0.25) is 4.79 Å². The third-order valence-electron chi connectivity index (χ3n) is 2.32. The first-order chi connectivity index (χ1) is 7.96. The molecule has 1 amide bonds. The molecule has 0 aromatic heterocycles. The van der Waals surface area contributed by atoms with Crippen LogP contribution in [0.3, 0.4) is 0 Å². The van der Waals surface area contributed by atoms with E-state index in [2.05, 4.69) is 5.32 Å². The Bertz CT molecular complexity index is 430. The van der Waals surface area contributed by atoms with Crippen molar-refractivity contribution in [3.05, 3.63) is 35.4 Å². The highest BCUT2D eigenvalue weighted by Gasteiger charge is 2.18. The summed E-state index contributed by atoms with van der Waals surface area (Å²) >= 11 is 0. The van der Waals surface area contributed by atoms with Gasteiger partial charge in [0.1, 0.15) is 0 Å². The first-order valence-corrected chi connectivity index (χ1v) is 5.38. The fourth-order valence-electron chi connectivity index (χ4n) is 1.34. The number of carbonyl (C=O) groups is 1. The van der Waals surface area contributed by atoms with Gasteiger partial charge in [0.05, 0.1) is 30.2 Å². The van der Waals surface area contributed by atoms with E-state index in [9.17, 15) is 4.79 Å². The lowest BCUT2D eigenvalue weighted by Gasteiger charge is -2.23.